The summed E-state index contributed by atoms with van der Waals surface area (Å²) in [6.07, 6.45) is 1.14. The Morgan fingerprint density at radius 1 is 1.33 bits per heavy atom. The molecule has 1 amide bonds. The van der Waals surface area contributed by atoms with Gasteiger partial charge in [0.25, 0.3) is 5.91 Å². The first-order chi connectivity index (χ1) is 8.48. The largest absolute Gasteiger partial charge is 0.348 e. The van der Waals surface area contributed by atoms with Crippen molar-refractivity contribution in [3.05, 3.63) is 35.6 Å². The summed E-state index contributed by atoms with van der Waals surface area (Å²) >= 11 is 0. The highest BCUT2D eigenvalue weighted by molar-refractivity contribution is 7.91. The molecule has 1 aliphatic rings. The number of carbonyl (C=O) groups is 1. The van der Waals surface area contributed by atoms with Gasteiger partial charge in [-0.3, -0.25) is 4.79 Å². The Balaban J connectivity index is 2.06. The molecule has 2 rings (SSSR count). The van der Waals surface area contributed by atoms with Crippen LogP contribution in [-0.2, 0) is 9.84 Å². The molecule has 0 spiro atoms. The van der Waals surface area contributed by atoms with Gasteiger partial charge in [-0.25, -0.2) is 12.8 Å². The van der Waals surface area contributed by atoms with Gasteiger partial charge in [0.1, 0.15) is 5.82 Å². The van der Waals surface area contributed by atoms with Crippen molar-refractivity contribution in [2.75, 3.05) is 11.5 Å². The second-order valence-electron chi connectivity index (χ2n) is 4.41. The van der Waals surface area contributed by atoms with Crippen molar-refractivity contribution in [2.24, 2.45) is 0 Å². The summed E-state index contributed by atoms with van der Waals surface area (Å²) in [4.78, 5) is 11.8. The van der Waals surface area contributed by atoms with Crippen LogP contribution in [0.15, 0.2) is 24.3 Å². The van der Waals surface area contributed by atoms with E-state index in [1.54, 1.807) is 6.07 Å². The number of hydrogen-bond donors (Lipinski definition) is 1. The molecule has 0 saturated carbocycles. The molecule has 6 heteroatoms. The summed E-state index contributed by atoms with van der Waals surface area (Å²) in [6, 6.07) is 5.22. The van der Waals surface area contributed by atoms with Crippen LogP contribution in [0.2, 0.25) is 0 Å². The maximum absolute atomic E-state index is 13.4. The van der Waals surface area contributed by atoms with E-state index in [-0.39, 0.29) is 17.1 Å². The highest BCUT2D eigenvalue weighted by Crippen LogP contribution is 2.13. The maximum atomic E-state index is 13.4. The van der Waals surface area contributed by atoms with Crippen LogP contribution in [0.3, 0.4) is 0 Å². The lowest BCUT2D eigenvalue weighted by molar-refractivity contribution is 0.0934. The van der Waals surface area contributed by atoms with E-state index in [2.05, 4.69) is 5.32 Å². The van der Waals surface area contributed by atoms with Crippen LogP contribution in [0.1, 0.15) is 23.2 Å². The number of halogens is 1. The number of rotatable bonds is 2. The zero-order valence-electron chi connectivity index (χ0n) is 9.73. The number of hydrogen-bond acceptors (Lipinski definition) is 3. The van der Waals surface area contributed by atoms with Crippen molar-refractivity contribution >= 4 is 15.7 Å². The van der Waals surface area contributed by atoms with Gasteiger partial charge in [0.05, 0.1) is 17.1 Å². The highest BCUT2D eigenvalue weighted by atomic mass is 32.2. The number of amides is 1. The molecule has 1 aromatic rings. The molecule has 18 heavy (non-hydrogen) atoms. The van der Waals surface area contributed by atoms with Gasteiger partial charge in [-0.2, -0.15) is 0 Å². The fourth-order valence-electron chi connectivity index (χ4n) is 2.05. The minimum Gasteiger partial charge on any atom is -0.348 e. The van der Waals surface area contributed by atoms with Crippen LogP contribution >= 0.6 is 0 Å². The third kappa shape index (κ3) is 3.07. The van der Waals surface area contributed by atoms with E-state index in [0.29, 0.717) is 12.8 Å². The molecule has 0 radical (unpaired) electrons. The van der Waals surface area contributed by atoms with E-state index in [9.17, 15) is 17.6 Å². The Hall–Kier alpha value is -1.43. The van der Waals surface area contributed by atoms with Crippen LogP contribution in [0.4, 0.5) is 4.39 Å². The second-order valence-corrected chi connectivity index (χ2v) is 6.64. The van der Waals surface area contributed by atoms with Crippen LogP contribution in [0.5, 0.6) is 0 Å². The molecule has 1 heterocycles. The summed E-state index contributed by atoms with van der Waals surface area (Å²) in [7, 11) is -3.08. The van der Waals surface area contributed by atoms with E-state index in [1.165, 1.54) is 18.2 Å². The fourth-order valence-corrected chi connectivity index (χ4v) is 3.68. The zero-order chi connectivity index (χ0) is 13.2. The van der Waals surface area contributed by atoms with Crippen LogP contribution in [0.25, 0.3) is 0 Å². The number of benzene rings is 1. The molecular formula is C12H14FNO3S. The molecular weight excluding hydrogens is 257 g/mol. The van der Waals surface area contributed by atoms with E-state index >= 15 is 0 Å². The Labute approximate surface area is 105 Å². The predicted molar refractivity (Wildman–Crippen MR) is 65.5 cm³/mol. The molecule has 98 valence electrons. The summed E-state index contributed by atoms with van der Waals surface area (Å²) in [5.41, 5.74) is -0.0551. The highest BCUT2D eigenvalue weighted by Gasteiger charge is 2.26. The molecule has 0 aliphatic carbocycles. The summed E-state index contributed by atoms with van der Waals surface area (Å²) in [5.74, 6) is -1.06. The van der Waals surface area contributed by atoms with Crippen molar-refractivity contribution in [1.29, 1.82) is 0 Å². The third-order valence-corrected chi connectivity index (χ3v) is 4.74. The maximum Gasteiger partial charge on any atom is 0.254 e. The smallest absolute Gasteiger partial charge is 0.254 e. The SMILES string of the molecule is O=C(NC1CCCS(=O)(=O)C1)c1ccccc1F. The molecule has 1 atom stereocenters. The Morgan fingerprint density at radius 3 is 2.72 bits per heavy atom. The standard InChI is InChI=1S/C12H14FNO3S/c13-11-6-2-1-5-10(11)12(15)14-9-4-3-7-18(16,17)8-9/h1-2,5-6,9H,3-4,7-8H2,(H,14,15). The van der Waals surface area contributed by atoms with E-state index in [1.807, 2.05) is 0 Å². The van der Waals surface area contributed by atoms with Crippen LogP contribution in [0, 0.1) is 5.82 Å². The van der Waals surface area contributed by atoms with Crippen LogP contribution in [-0.4, -0.2) is 31.9 Å². The zero-order valence-corrected chi connectivity index (χ0v) is 10.5. The molecule has 4 nitrogen and oxygen atoms in total. The van der Waals surface area contributed by atoms with E-state index in [0.717, 1.165) is 0 Å². The normalized spacial score (nSPS) is 22.4. The minimum absolute atomic E-state index is 0.0551. The molecule has 1 saturated heterocycles. The molecule has 0 aromatic heterocycles. The minimum atomic E-state index is -3.08. The lowest BCUT2D eigenvalue weighted by Gasteiger charge is -2.23. The van der Waals surface area contributed by atoms with Gasteiger partial charge in [0.2, 0.25) is 0 Å². The first-order valence-electron chi connectivity index (χ1n) is 5.74. The van der Waals surface area contributed by atoms with Gasteiger partial charge in [0, 0.05) is 6.04 Å². The van der Waals surface area contributed by atoms with Gasteiger partial charge in [-0.15, -0.1) is 0 Å². The molecule has 0 bridgehead atoms. The Kier molecular flexibility index (Phi) is 3.65. The number of sulfone groups is 1. The van der Waals surface area contributed by atoms with Gasteiger partial charge >= 0.3 is 0 Å². The number of nitrogens with one attached hydrogen (secondary N) is 1. The second kappa shape index (κ2) is 5.06. The lowest BCUT2D eigenvalue weighted by atomic mass is 10.1. The predicted octanol–water partition coefficient (Wildman–Crippen LogP) is 1.13. The average Bonchev–Trinajstić information content (AvgIpc) is 2.28. The Morgan fingerprint density at radius 2 is 2.06 bits per heavy atom. The van der Waals surface area contributed by atoms with E-state index < -0.39 is 27.6 Å². The van der Waals surface area contributed by atoms with Gasteiger partial charge < -0.3 is 5.32 Å². The third-order valence-electron chi connectivity index (χ3n) is 2.92. The molecule has 1 fully saturated rings. The van der Waals surface area contributed by atoms with Crippen molar-refractivity contribution in [3.8, 4) is 0 Å². The first kappa shape index (κ1) is 13.0. The molecule has 1 aromatic carbocycles. The van der Waals surface area contributed by atoms with E-state index in [4.69, 9.17) is 0 Å². The fraction of sp³-hybridized carbons (Fsp3) is 0.417. The van der Waals surface area contributed by atoms with Gasteiger partial charge in [-0.05, 0) is 25.0 Å². The Bertz CT molecular complexity index is 556. The van der Waals surface area contributed by atoms with Crippen molar-refractivity contribution in [3.63, 3.8) is 0 Å². The first-order valence-corrected chi connectivity index (χ1v) is 7.56. The quantitative estimate of drug-likeness (QED) is 0.877. The van der Waals surface area contributed by atoms with Crippen molar-refractivity contribution < 1.29 is 17.6 Å². The topological polar surface area (TPSA) is 63.2 Å². The van der Waals surface area contributed by atoms with Crippen LogP contribution < -0.4 is 5.32 Å². The average molecular weight is 271 g/mol. The van der Waals surface area contributed by atoms with Crippen molar-refractivity contribution in [2.45, 2.75) is 18.9 Å². The molecule has 1 N–H and O–H groups in total. The number of carbonyl (C=O) groups excluding carboxylic acids is 1. The monoisotopic (exact) mass is 271 g/mol. The molecule has 1 aliphatic heterocycles. The lowest BCUT2D eigenvalue weighted by Crippen LogP contribution is -2.43. The van der Waals surface area contributed by atoms with Gasteiger partial charge in [-0.1, -0.05) is 12.1 Å². The van der Waals surface area contributed by atoms with Crippen molar-refractivity contribution in [1.82, 2.24) is 5.32 Å². The summed E-state index contributed by atoms with van der Waals surface area (Å²) in [6.45, 7) is 0. The van der Waals surface area contributed by atoms with Gasteiger partial charge in [0.15, 0.2) is 9.84 Å². The molecule has 1 unspecified atom stereocenters. The summed E-state index contributed by atoms with van der Waals surface area (Å²) in [5, 5.41) is 2.57. The summed E-state index contributed by atoms with van der Waals surface area (Å²) < 4.78 is 36.2.